The molecule has 0 aliphatic carbocycles. The molecule has 39 heavy (non-hydrogen) atoms. The van der Waals surface area contributed by atoms with Crippen LogP contribution in [0.3, 0.4) is 0 Å². The van der Waals surface area contributed by atoms with Crippen LogP contribution in [0, 0.1) is 5.92 Å². The van der Waals surface area contributed by atoms with Gasteiger partial charge >= 0.3 is 5.97 Å². The number of ether oxygens (including phenoxy) is 1. The van der Waals surface area contributed by atoms with Gasteiger partial charge < -0.3 is 14.9 Å². The van der Waals surface area contributed by atoms with Crippen molar-refractivity contribution < 1.29 is 19.7 Å². The van der Waals surface area contributed by atoms with Crippen molar-refractivity contribution in [2.24, 2.45) is 5.92 Å². The van der Waals surface area contributed by atoms with Gasteiger partial charge in [0.2, 0.25) is 0 Å². The van der Waals surface area contributed by atoms with E-state index in [4.69, 9.17) is 4.74 Å². The van der Waals surface area contributed by atoms with E-state index in [1.54, 1.807) is 0 Å². The lowest BCUT2D eigenvalue weighted by Crippen LogP contribution is -2.21. The number of hydrogen-bond acceptors (Lipinski definition) is 4. The van der Waals surface area contributed by atoms with Crippen molar-refractivity contribution in [3.05, 3.63) is 0 Å². The third kappa shape index (κ3) is 27.3. The van der Waals surface area contributed by atoms with Crippen molar-refractivity contribution in [3.63, 3.8) is 0 Å². The second kappa shape index (κ2) is 30.4. The van der Waals surface area contributed by atoms with Crippen LogP contribution in [-0.4, -0.2) is 35.0 Å². The third-order valence-electron chi connectivity index (χ3n) is 8.35. The van der Waals surface area contributed by atoms with E-state index in [9.17, 15) is 15.0 Å². The molecule has 0 saturated heterocycles. The van der Waals surface area contributed by atoms with Crippen LogP contribution in [0.4, 0.5) is 0 Å². The van der Waals surface area contributed by atoms with Gasteiger partial charge in [-0.2, -0.15) is 0 Å². The van der Waals surface area contributed by atoms with Crippen molar-refractivity contribution in [2.75, 3.05) is 6.61 Å². The number of esters is 1. The van der Waals surface area contributed by atoms with E-state index >= 15 is 0 Å². The highest BCUT2D eigenvalue weighted by atomic mass is 16.5. The molecule has 0 rings (SSSR count). The normalized spacial score (nSPS) is 13.9. The zero-order valence-corrected chi connectivity index (χ0v) is 26.7. The molecule has 0 aromatic heterocycles. The molecule has 0 amide bonds. The smallest absolute Gasteiger partial charge is 0.306 e. The van der Waals surface area contributed by atoms with Gasteiger partial charge in [0.1, 0.15) is 6.10 Å². The first-order chi connectivity index (χ1) is 19.1. The SMILES string of the molecule is CCCCCCCCCCCC(CCCCCCCC)OC(=O)CCC(CCCCCCCC)CC(O)CO. The van der Waals surface area contributed by atoms with E-state index < -0.39 is 6.10 Å². The Balaban J connectivity index is 4.51. The van der Waals surface area contributed by atoms with Crippen molar-refractivity contribution >= 4 is 5.97 Å². The highest BCUT2D eigenvalue weighted by molar-refractivity contribution is 5.69. The van der Waals surface area contributed by atoms with E-state index in [-0.39, 0.29) is 24.6 Å². The first-order valence-electron chi connectivity index (χ1n) is 17.6. The lowest BCUT2D eigenvalue weighted by atomic mass is 9.90. The summed E-state index contributed by atoms with van der Waals surface area (Å²) in [6.07, 6.45) is 31.1. The van der Waals surface area contributed by atoms with Gasteiger partial charge in [-0.25, -0.2) is 0 Å². The fourth-order valence-corrected chi connectivity index (χ4v) is 5.72. The lowest BCUT2D eigenvalue weighted by molar-refractivity contribution is -0.150. The number of aliphatic hydroxyl groups excluding tert-OH is 2. The van der Waals surface area contributed by atoms with Crippen molar-refractivity contribution in [2.45, 2.75) is 206 Å². The first-order valence-corrected chi connectivity index (χ1v) is 17.6. The molecular weight excluding hydrogens is 484 g/mol. The Morgan fingerprint density at radius 2 is 0.949 bits per heavy atom. The molecule has 0 radical (unpaired) electrons. The topological polar surface area (TPSA) is 66.8 Å². The van der Waals surface area contributed by atoms with E-state index in [0.29, 0.717) is 12.8 Å². The Hall–Kier alpha value is -0.610. The summed E-state index contributed by atoms with van der Waals surface area (Å²) < 4.78 is 6.05. The predicted octanol–water partition coefficient (Wildman–Crippen LogP) is 10.5. The molecular formula is C35H70O4. The van der Waals surface area contributed by atoms with Crippen molar-refractivity contribution in [1.29, 1.82) is 0 Å². The molecule has 0 spiro atoms. The largest absolute Gasteiger partial charge is 0.462 e. The quantitative estimate of drug-likeness (QED) is 0.0660. The lowest BCUT2D eigenvalue weighted by Gasteiger charge is -2.21. The molecule has 4 heteroatoms. The molecule has 2 N–H and O–H groups in total. The van der Waals surface area contributed by atoms with Gasteiger partial charge in [0.05, 0.1) is 12.7 Å². The average Bonchev–Trinajstić information content (AvgIpc) is 2.93. The summed E-state index contributed by atoms with van der Waals surface area (Å²) in [7, 11) is 0. The highest BCUT2D eigenvalue weighted by Crippen LogP contribution is 2.23. The Morgan fingerprint density at radius 3 is 1.36 bits per heavy atom. The van der Waals surface area contributed by atoms with Gasteiger partial charge in [-0.1, -0.05) is 149 Å². The summed E-state index contributed by atoms with van der Waals surface area (Å²) in [6, 6.07) is 0. The van der Waals surface area contributed by atoms with Gasteiger partial charge in [0, 0.05) is 6.42 Å². The van der Waals surface area contributed by atoms with Crippen LogP contribution in [0.15, 0.2) is 0 Å². The second-order valence-electron chi connectivity index (χ2n) is 12.3. The van der Waals surface area contributed by atoms with Crippen LogP contribution in [0.1, 0.15) is 194 Å². The maximum absolute atomic E-state index is 12.9. The van der Waals surface area contributed by atoms with Crippen LogP contribution in [0.5, 0.6) is 0 Å². The summed E-state index contributed by atoms with van der Waals surface area (Å²) in [6.45, 7) is 6.56. The van der Waals surface area contributed by atoms with E-state index in [1.807, 2.05) is 0 Å². The third-order valence-corrected chi connectivity index (χ3v) is 8.35. The monoisotopic (exact) mass is 555 g/mol. The van der Waals surface area contributed by atoms with Gasteiger partial charge in [-0.05, 0) is 44.4 Å². The predicted molar refractivity (Wildman–Crippen MR) is 168 cm³/mol. The van der Waals surface area contributed by atoms with Crippen LogP contribution >= 0.6 is 0 Å². The molecule has 234 valence electrons. The molecule has 4 nitrogen and oxygen atoms in total. The van der Waals surface area contributed by atoms with Crippen molar-refractivity contribution in [3.8, 4) is 0 Å². The summed E-state index contributed by atoms with van der Waals surface area (Å²) in [5, 5.41) is 19.4. The van der Waals surface area contributed by atoms with Crippen LogP contribution in [0.25, 0.3) is 0 Å². The molecule has 3 atom stereocenters. The van der Waals surface area contributed by atoms with E-state index in [0.717, 1.165) is 44.9 Å². The zero-order chi connectivity index (χ0) is 28.8. The zero-order valence-electron chi connectivity index (χ0n) is 26.7. The molecule has 0 saturated carbocycles. The molecule has 0 aromatic carbocycles. The number of carbonyl (C=O) groups excluding carboxylic acids is 1. The first kappa shape index (κ1) is 38.4. The molecule has 0 aliphatic rings. The summed E-state index contributed by atoms with van der Waals surface area (Å²) in [5.74, 6) is 0.216. The highest BCUT2D eigenvalue weighted by Gasteiger charge is 2.19. The van der Waals surface area contributed by atoms with Crippen LogP contribution in [0.2, 0.25) is 0 Å². The second-order valence-corrected chi connectivity index (χ2v) is 12.3. The Bertz CT molecular complexity index is 495. The summed E-state index contributed by atoms with van der Waals surface area (Å²) >= 11 is 0. The maximum Gasteiger partial charge on any atom is 0.306 e. The maximum atomic E-state index is 12.9. The molecule has 0 aromatic rings. The summed E-state index contributed by atoms with van der Waals surface area (Å²) in [4.78, 5) is 12.9. The minimum Gasteiger partial charge on any atom is -0.462 e. The molecule has 0 fully saturated rings. The van der Waals surface area contributed by atoms with Crippen LogP contribution < -0.4 is 0 Å². The Labute approximate surface area is 244 Å². The number of hydrogen-bond donors (Lipinski definition) is 2. The van der Waals surface area contributed by atoms with Gasteiger partial charge in [-0.15, -0.1) is 0 Å². The fourth-order valence-electron chi connectivity index (χ4n) is 5.72. The van der Waals surface area contributed by atoms with Crippen molar-refractivity contribution in [1.82, 2.24) is 0 Å². The number of aliphatic hydroxyl groups is 2. The fraction of sp³-hybridized carbons (Fsp3) is 0.971. The van der Waals surface area contributed by atoms with Gasteiger partial charge in [-0.3, -0.25) is 4.79 Å². The molecule has 0 bridgehead atoms. The van der Waals surface area contributed by atoms with Gasteiger partial charge in [0.15, 0.2) is 0 Å². The molecule has 0 heterocycles. The van der Waals surface area contributed by atoms with Crippen LogP contribution in [-0.2, 0) is 9.53 Å². The Kier molecular flexibility index (Phi) is 29.9. The number of carbonyl (C=O) groups is 1. The standard InChI is InChI=1S/C35H70O4/c1-4-7-10-13-16-17-18-21-24-27-34(26-23-20-15-12-9-6-3)39-35(38)29-28-32(30-33(37)31-36)25-22-19-14-11-8-5-2/h32-34,36-37H,4-31H2,1-3H3. The number of rotatable bonds is 31. The van der Waals surface area contributed by atoms with E-state index in [1.165, 1.54) is 116 Å². The number of unbranched alkanes of at least 4 members (excludes halogenated alkanes) is 18. The van der Waals surface area contributed by atoms with E-state index in [2.05, 4.69) is 20.8 Å². The molecule has 0 aliphatic heterocycles. The molecule has 3 unspecified atom stereocenters. The summed E-state index contributed by atoms with van der Waals surface area (Å²) in [5.41, 5.74) is 0. The van der Waals surface area contributed by atoms with Gasteiger partial charge in [0.25, 0.3) is 0 Å². The average molecular weight is 555 g/mol. The Morgan fingerprint density at radius 1 is 0.564 bits per heavy atom. The minimum absolute atomic E-state index is 0.0617. The minimum atomic E-state index is -0.682.